The highest BCUT2D eigenvalue weighted by atomic mass is 127. The van der Waals surface area contributed by atoms with Gasteiger partial charge in [-0.25, -0.2) is 4.31 Å². The summed E-state index contributed by atoms with van der Waals surface area (Å²) in [6, 6.07) is 0. The lowest BCUT2D eigenvalue weighted by Crippen LogP contribution is -2.15. The molecule has 0 aromatic rings. The molecule has 0 bridgehead atoms. The average molecular weight is 259 g/mol. The van der Waals surface area contributed by atoms with Gasteiger partial charge in [0.2, 0.25) is 0 Å². The van der Waals surface area contributed by atoms with Crippen LogP contribution >= 0.6 is 30.3 Å². The zero-order valence-electron chi connectivity index (χ0n) is 5.18. The second-order valence-electron chi connectivity index (χ2n) is 2.02. The van der Waals surface area contributed by atoms with E-state index in [-0.39, 0.29) is 0 Å². The summed E-state index contributed by atoms with van der Waals surface area (Å²) < 4.78 is 7.53. The first-order valence-electron chi connectivity index (χ1n) is 3.05. The normalized spacial score (nSPS) is 23.7. The first-order chi connectivity index (χ1) is 4.43. The number of hydrogen-bond donors (Lipinski definition) is 0. The Labute approximate surface area is 72.0 Å². The predicted octanol–water partition coefficient (Wildman–Crippen LogP) is 2.05. The average Bonchev–Trinajstić information content (AvgIpc) is 2.13. The summed E-state index contributed by atoms with van der Waals surface area (Å²) in [4.78, 5) is 0. The van der Waals surface area contributed by atoms with Crippen LogP contribution in [0.25, 0.3) is 0 Å². The Hall–Kier alpha value is 1.00. The first kappa shape index (κ1) is 8.10. The van der Waals surface area contributed by atoms with E-state index in [9.17, 15) is 0 Å². The van der Waals surface area contributed by atoms with E-state index in [1.54, 1.807) is 9.12 Å². The van der Waals surface area contributed by atoms with Crippen molar-refractivity contribution in [2.24, 2.45) is 0 Å². The van der Waals surface area contributed by atoms with Crippen LogP contribution in [0.15, 0.2) is 0 Å². The molecule has 54 valence electrons. The monoisotopic (exact) mass is 259 g/mol. The Morgan fingerprint density at radius 2 is 2.33 bits per heavy atom. The fraction of sp³-hybridized carbons (Fsp3) is 1.00. The molecule has 1 aliphatic heterocycles. The van der Waals surface area contributed by atoms with Gasteiger partial charge in [-0.1, -0.05) is 0 Å². The molecule has 0 saturated carbocycles. The van der Waals surface area contributed by atoms with Crippen LogP contribution in [0.3, 0.4) is 0 Å². The van der Waals surface area contributed by atoms with Gasteiger partial charge in [0.25, 0.3) is 0 Å². The fourth-order valence-electron chi connectivity index (χ4n) is 0.778. The molecule has 0 N–H and O–H groups in total. The lowest BCUT2D eigenvalue weighted by molar-refractivity contribution is 0.0971. The van der Waals surface area contributed by atoms with E-state index in [0.29, 0.717) is 0 Å². The molecule has 9 heavy (non-hydrogen) atoms. The maximum Gasteiger partial charge on any atom is 0.109 e. The van der Waals surface area contributed by atoms with Crippen LogP contribution in [0.1, 0.15) is 12.8 Å². The van der Waals surface area contributed by atoms with E-state index >= 15 is 0 Å². The zero-order chi connectivity index (χ0) is 6.53. The number of nitrogens with zero attached hydrogens (tertiary/aromatic N) is 1. The van der Waals surface area contributed by atoms with Gasteiger partial charge >= 0.3 is 0 Å². The summed E-state index contributed by atoms with van der Waals surface area (Å²) >= 11 is 2.29. The Balaban J connectivity index is 2.18. The van der Waals surface area contributed by atoms with Crippen molar-refractivity contribution in [1.29, 1.82) is 0 Å². The maximum absolute atomic E-state index is 5.30. The summed E-state index contributed by atoms with van der Waals surface area (Å²) in [6.07, 6.45) is 2.49. The Kier molecular flexibility index (Phi) is 4.28. The van der Waals surface area contributed by atoms with E-state index in [0.717, 1.165) is 13.3 Å². The van der Waals surface area contributed by atoms with Gasteiger partial charge in [-0.3, -0.25) is 0 Å². The summed E-state index contributed by atoms with van der Waals surface area (Å²) in [6.45, 7) is 2.91. The SMILES string of the molecule is ISN1CCCCOC1. The van der Waals surface area contributed by atoms with Crippen molar-refractivity contribution in [2.75, 3.05) is 19.9 Å². The molecule has 0 aliphatic carbocycles. The Morgan fingerprint density at radius 3 is 3.11 bits per heavy atom. The van der Waals surface area contributed by atoms with Crippen molar-refractivity contribution in [2.45, 2.75) is 12.8 Å². The highest BCUT2D eigenvalue weighted by Gasteiger charge is 2.06. The van der Waals surface area contributed by atoms with Crippen molar-refractivity contribution >= 4 is 30.3 Å². The predicted molar refractivity (Wildman–Crippen MR) is 48.4 cm³/mol. The van der Waals surface area contributed by atoms with Gasteiger partial charge in [0.1, 0.15) is 6.73 Å². The number of ether oxygens (including phenoxy) is 1. The topological polar surface area (TPSA) is 12.5 Å². The summed E-state index contributed by atoms with van der Waals surface area (Å²) in [7, 11) is 1.74. The Morgan fingerprint density at radius 1 is 1.44 bits per heavy atom. The molecule has 4 heteroatoms. The molecule has 1 rings (SSSR count). The van der Waals surface area contributed by atoms with Gasteiger partial charge in [0.05, 0.1) is 0 Å². The minimum Gasteiger partial charge on any atom is -0.365 e. The van der Waals surface area contributed by atoms with E-state index < -0.39 is 0 Å². The van der Waals surface area contributed by atoms with Crippen molar-refractivity contribution in [3.63, 3.8) is 0 Å². The van der Waals surface area contributed by atoms with Gasteiger partial charge in [-0.15, -0.1) is 0 Å². The minimum absolute atomic E-state index is 0.799. The molecule has 1 fully saturated rings. The number of halogens is 1. The van der Waals surface area contributed by atoms with E-state index in [2.05, 4.69) is 25.5 Å². The molecule has 0 aromatic carbocycles. The molecular weight excluding hydrogens is 249 g/mol. The first-order valence-corrected chi connectivity index (χ1v) is 6.36. The van der Waals surface area contributed by atoms with Crippen molar-refractivity contribution in [1.82, 2.24) is 4.31 Å². The van der Waals surface area contributed by atoms with Gasteiger partial charge in [0, 0.05) is 34.4 Å². The number of rotatable bonds is 1. The summed E-state index contributed by atoms with van der Waals surface area (Å²) in [5.41, 5.74) is 0. The van der Waals surface area contributed by atoms with Crippen LogP contribution in [-0.2, 0) is 4.74 Å². The molecule has 0 unspecified atom stereocenters. The zero-order valence-corrected chi connectivity index (χ0v) is 8.15. The molecule has 0 atom stereocenters. The number of hydrogen-bond acceptors (Lipinski definition) is 3. The standard InChI is InChI=1S/C5H10INOS/c6-9-7-3-1-2-4-8-5-7/h1-5H2. The molecule has 1 aliphatic rings. The maximum atomic E-state index is 5.30. The second kappa shape index (κ2) is 4.76. The second-order valence-corrected chi connectivity index (χ2v) is 3.85. The van der Waals surface area contributed by atoms with Gasteiger partial charge in [-0.05, 0) is 22.0 Å². The van der Waals surface area contributed by atoms with Crippen LogP contribution in [0.4, 0.5) is 0 Å². The quantitative estimate of drug-likeness (QED) is 0.528. The summed E-state index contributed by atoms with van der Waals surface area (Å²) in [5, 5.41) is 0. The molecule has 2 nitrogen and oxygen atoms in total. The van der Waals surface area contributed by atoms with Crippen LogP contribution in [0, 0.1) is 0 Å². The summed E-state index contributed by atoms with van der Waals surface area (Å²) in [5.74, 6) is 0. The van der Waals surface area contributed by atoms with Gasteiger partial charge in [-0.2, -0.15) is 0 Å². The third kappa shape index (κ3) is 3.06. The van der Waals surface area contributed by atoms with Crippen molar-refractivity contribution in [3.8, 4) is 0 Å². The van der Waals surface area contributed by atoms with Crippen LogP contribution in [0.2, 0.25) is 0 Å². The molecule has 1 heterocycles. The molecule has 0 spiro atoms. The van der Waals surface area contributed by atoms with E-state index in [1.807, 2.05) is 0 Å². The fourth-order valence-corrected chi connectivity index (χ4v) is 2.02. The highest BCUT2D eigenvalue weighted by Crippen LogP contribution is 2.20. The third-order valence-corrected chi connectivity index (χ3v) is 3.43. The van der Waals surface area contributed by atoms with E-state index in [1.165, 1.54) is 19.4 Å². The largest absolute Gasteiger partial charge is 0.365 e. The van der Waals surface area contributed by atoms with Crippen molar-refractivity contribution < 1.29 is 4.74 Å². The van der Waals surface area contributed by atoms with Crippen LogP contribution in [-0.4, -0.2) is 24.2 Å². The van der Waals surface area contributed by atoms with Gasteiger partial charge in [0.15, 0.2) is 0 Å². The van der Waals surface area contributed by atoms with Crippen LogP contribution < -0.4 is 0 Å². The van der Waals surface area contributed by atoms with E-state index in [4.69, 9.17) is 4.74 Å². The molecule has 0 radical (unpaired) electrons. The Bertz CT molecular complexity index is 75.4. The lowest BCUT2D eigenvalue weighted by Gasteiger charge is -2.12. The van der Waals surface area contributed by atoms with Crippen LogP contribution in [0.5, 0.6) is 0 Å². The smallest absolute Gasteiger partial charge is 0.109 e. The highest BCUT2D eigenvalue weighted by molar-refractivity contribution is 14.2. The lowest BCUT2D eigenvalue weighted by atomic mass is 10.3. The minimum atomic E-state index is 0.799. The molecular formula is C5H10INOS. The van der Waals surface area contributed by atoms with Crippen molar-refractivity contribution in [3.05, 3.63) is 0 Å². The molecule has 0 aromatic heterocycles. The third-order valence-electron chi connectivity index (χ3n) is 1.28. The molecule has 1 saturated heterocycles. The van der Waals surface area contributed by atoms with Gasteiger partial charge < -0.3 is 4.74 Å². The molecule has 0 amide bonds.